The maximum absolute atomic E-state index is 6.22. The number of para-hydroxylation sites is 2. The van der Waals surface area contributed by atoms with Gasteiger partial charge in [0.2, 0.25) is 6.10 Å². The van der Waals surface area contributed by atoms with Crippen molar-refractivity contribution in [1.29, 1.82) is 0 Å². The molecule has 2 atom stereocenters. The van der Waals surface area contributed by atoms with Gasteiger partial charge in [0.25, 0.3) is 5.89 Å². The minimum atomic E-state index is -0.432. The van der Waals surface area contributed by atoms with Crippen LogP contribution in [0.4, 0.5) is 0 Å². The largest absolute Gasteiger partial charge is 0.482 e. The number of hydrogen-bond donors (Lipinski definition) is 1. The molecule has 2 N–H and O–H groups in total. The zero-order chi connectivity index (χ0) is 14.4. The van der Waals surface area contributed by atoms with E-state index >= 15 is 0 Å². The average Bonchev–Trinajstić information content (AvgIpc) is 2.94. The summed E-state index contributed by atoms with van der Waals surface area (Å²) >= 11 is 0. The maximum atomic E-state index is 6.22. The normalized spacial score (nSPS) is 26.2. The van der Waals surface area contributed by atoms with Crippen LogP contribution in [0.15, 0.2) is 28.8 Å². The molecule has 1 aliphatic carbocycles. The lowest BCUT2D eigenvalue weighted by atomic mass is 9.77. The number of benzene rings is 1. The van der Waals surface area contributed by atoms with Gasteiger partial charge in [0.15, 0.2) is 17.3 Å². The third-order valence-electron chi connectivity index (χ3n) is 4.22. The van der Waals surface area contributed by atoms with Gasteiger partial charge in [-0.05, 0) is 38.3 Å². The first-order valence-corrected chi connectivity index (χ1v) is 7.21. The second-order valence-corrected chi connectivity index (χ2v) is 5.77. The third kappa shape index (κ3) is 1.98. The van der Waals surface area contributed by atoms with Gasteiger partial charge in [-0.25, -0.2) is 0 Å². The molecule has 0 saturated heterocycles. The minimum Gasteiger partial charge on any atom is -0.482 e. The molecule has 1 fully saturated rings. The summed E-state index contributed by atoms with van der Waals surface area (Å²) in [4.78, 5) is 4.44. The number of ether oxygens (including phenoxy) is 2. The van der Waals surface area contributed by atoms with E-state index in [1.54, 1.807) is 0 Å². The quantitative estimate of drug-likeness (QED) is 0.912. The van der Waals surface area contributed by atoms with Crippen molar-refractivity contribution in [3.05, 3.63) is 36.0 Å². The molecule has 6 nitrogen and oxygen atoms in total. The predicted octanol–water partition coefficient (Wildman–Crippen LogP) is 2.31. The summed E-state index contributed by atoms with van der Waals surface area (Å²) in [5, 5.41) is 4.03. The standard InChI is InChI=1S/C15H17N3O3/c1-9-12(20-11-6-3-2-5-10(11)19-9)13-17-14(18-21-13)15(16)7-4-8-15/h2-3,5-6,9,12H,4,7-8,16H2,1H3. The molecular formula is C15H17N3O3. The van der Waals surface area contributed by atoms with Gasteiger partial charge in [-0.1, -0.05) is 17.3 Å². The highest BCUT2D eigenvalue weighted by atomic mass is 16.6. The Morgan fingerprint density at radius 3 is 2.57 bits per heavy atom. The molecule has 1 aliphatic heterocycles. The molecule has 21 heavy (non-hydrogen) atoms. The number of nitrogens with two attached hydrogens (primary N) is 1. The van der Waals surface area contributed by atoms with Crippen LogP contribution in [0, 0.1) is 0 Å². The predicted molar refractivity (Wildman–Crippen MR) is 73.9 cm³/mol. The molecule has 0 spiro atoms. The van der Waals surface area contributed by atoms with Crippen molar-refractivity contribution < 1.29 is 14.0 Å². The van der Waals surface area contributed by atoms with E-state index in [1.807, 2.05) is 31.2 Å². The van der Waals surface area contributed by atoms with E-state index in [9.17, 15) is 0 Å². The van der Waals surface area contributed by atoms with Gasteiger partial charge in [-0.2, -0.15) is 4.98 Å². The molecule has 2 aromatic rings. The van der Waals surface area contributed by atoms with Crippen LogP contribution in [0.25, 0.3) is 0 Å². The van der Waals surface area contributed by atoms with Crippen LogP contribution in [0.5, 0.6) is 11.5 Å². The van der Waals surface area contributed by atoms with Crippen molar-refractivity contribution in [3.8, 4) is 11.5 Å². The molecule has 110 valence electrons. The topological polar surface area (TPSA) is 83.4 Å². The lowest BCUT2D eigenvalue weighted by molar-refractivity contribution is 0.0116. The highest BCUT2D eigenvalue weighted by molar-refractivity contribution is 5.41. The molecule has 1 saturated carbocycles. The van der Waals surface area contributed by atoms with E-state index in [2.05, 4.69) is 10.1 Å². The summed E-state index contributed by atoms with van der Waals surface area (Å²) in [5.41, 5.74) is 5.79. The smallest absolute Gasteiger partial charge is 0.271 e. The van der Waals surface area contributed by atoms with Crippen molar-refractivity contribution in [2.45, 2.75) is 43.9 Å². The van der Waals surface area contributed by atoms with Crippen LogP contribution in [-0.2, 0) is 5.54 Å². The van der Waals surface area contributed by atoms with Gasteiger partial charge in [-0.15, -0.1) is 0 Å². The highest BCUT2D eigenvalue weighted by Gasteiger charge is 2.41. The van der Waals surface area contributed by atoms with Gasteiger partial charge < -0.3 is 19.7 Å². The van der Waals surface area contributed by atoms with Crippen LogP contribution in [-0.4, -0.2) is 16.2 Å². The molecule has 4 rings (SSSR count). The van der Waals surface area contributed by atoms with Gasteiger partial charge in [-0.3, -0.25) is 0 Å². The Labute approximate surface area is 122 Å². The molecule has 2 heterocycles. The summed E-state index contributed by atoms with van der Waals surface area (Å²) in [6, 6.07) is 7.55. The molecule has 1 aromatic carbocycles. The molecular weight excluding hydrogens is 270 g/mol. The Balaban J connectivity index is 1.62. The first-order chi connectivity index (χ1) is 10.2. The van der Waals surface area contributed by atoms with E-state index in [4.69, 9.17) is 19.7 Å². The van der Waals surface area contributed by atoms with Crippen LogP contribution < -0.4 is 15.2 Å². The molecule has 1 aromatic heterocycles. The number of hydrogen-bond acceptors (Lipinski definition) is 6. The number of fused-ring (bicyclic) bond motifs is 1. The number of rotatable bonds is 2. The van der Waals surface area contributed by atoms with Crippen molar-refractivity contribution in [1.82, 2.24) is 10.1 Å². The minimum absolute atomic E-state index is 0.205. The summed E-state index contributed by atoms with van der Waals surface area (Å²) in [7, 11) is 0. The summed E-state index contributed by atoms with van der Waals surface area (Å²) in [6.45, 7) is 1.92. The molecule has 6 heteroatoms. The summed E-state index contributed by atoms with van der Waals surface area (Å²) in [6.07, 6.45) is 2.28. The Morgan fingerprint density at radius 2 is 1.90 bits per heavy atom. The number of nitrogens with zero attached hydrogens (tertiary/aromatic N) is 2. The molecule has 0 radical (unpaired) electrons. The molecule has 2 unspecified atom stereocenters. The van der Waals surface area contributed by atoms with Gasteiger partial charge in [0.1, 0.15) is 6.10 Å². The van der Waals surface area contributed by atoms with Gasteiger partial charge in [0.05, 0.1) is 5.54 Å². The Hall–Kier alpha value is -2.08. The third-order valence-corrected chi connectivity index (χ3v) is 4.22. The first-order valence-electron chi connectivity index (χ1n) is 7.21. The zero-order valence-electron chi connectivity index (χ0n) is 11.8. The fourth-order valence-corrected chi connectivity index (χ4v) is 2.73. The second-order valence-electron chi connectivity index (χ2n) is 5.77. The summed E-state index contributed by atoms with van der Waals surface area (Å²) < 4.78 is 17.2. The van der Waals surface area contributed by atoms with Crippen LogP contribution in [0.2, 0.25) is 0 Å². The lowest BCUT2D eigenvalue weighted by Gasteiger charge is -2.34. The van der Waals surface area contributed by atoms with E-state index in [0.717, 1.165) is 25.0 Å². The van der Waals surface area contributed by atoms with E-state index in [0.29, 0.717) is 17.5 Å². The lowest BCUT2D eigenvalue weighted by Crippen LogP contribution is -2.44. The summed E-state index contributed by atoms with van der Waals surface area (Å²) in [5.74, 6) is 2.41. The highest BCUT2D eigenvalue weighted by Crippen LogP contribution is 2.40. The number of aromatic nitrogens is 2. The molecule has 2 aliphatic rings. The van der Waals surface area contributed by atoms with Crippen molar-refractivity contribution in [3.63, 3.8) is 0 Å². The van der Waals surface area contributed by atoms with Crippen molar-refractivity contribution in [2.75, 3.05) is 0 Å². The van der Waals surface area contributed by atoms with Gasteiger partial charge >= 0.3 is 0 Å². The van der Waals surface area contributed by atoms with Crippen LogP contribution in [0.3, 0.4) is 0 Å². The van der Waals surface area contributed by atoms with Crippen molar-refractivity contribution in [2.24, 2.45) is 5.73 Å². The van der Waals surface area contributed by atoms with Crippen LogP contribution in [0.1, 0.15) is 44.0 Å². The van der Waals surface area contributed by atoms with E-state index in [-0.39, 0.29) is 6.10 Å². The first kappa shape index (κ1) is 12.6. The molecule has 0 amide bonds. The Morgan fingerprint density at radius 1 is 1.19 bits per heavy atom. The zero-order valence-corrected chi connectivity index (χ0v) is 11.8. The van der Waals surface area contributed by atoms with Crippen LogP contribution >= 0.6 is 0 Å². The van der Waals surface area contributed by atoms with Gasteiger partial charge in [0, 0.05) is 0 Å². The maximum Gasteiger partial charge on any atom is 0.271 e. The fourth-order valence-electron chi connectivity index (χ4n) is 2.73. The Kier molecular flexibility index (Phi) is 2.68. The fraction of sp³-hybridized carbons (Fsp3) is 0.467. The average molecular weight is 287 g/mol. The Bertz CT molecular complexity index is 666. The van der Waals surface area contributed by atoms with E-state index in [1.165, 1.54) is 0 Å². The molecule has 0 bridgehead atoms. The second kappa shape index (κ2) is 4.46. The monoisotopic (exact) mass is 287 g/mol. The SMILES string of the molecule is CC1Oc2ccccc2OC1c1nc(C2(N)CCC2)no1. The van der Waals surface area contributed by atoms with E-state index < -0.39 is 11.6 Å². The van der Waals surface area contributed by atoms with Crippen molar-refractivity contribution >= 4 is 0 Å².